The van der Waals surface area contributed by atoms with Crippen molar-refractivity contribution in [2.45, 2.75) is 42.5 Å². The number of aromatic hydroxyl groups is 2. The molecule has 3 rings (SSSR count). The third-order valence-electron chi connectivity index (χ3n) is 5.24. The Balaban J connectivity index is 1.74. The number of carbonyl (C=O) groups excluding carboxylic acids is 2. The Hall–Kier alpha value is -2.91. The molecule has 9 heteroatoms. The van der Waals surface area contributed by atoms with Gasteiger partial charge in [-0.2, -0.15) is 0 Å². The summed E-state index contributed by atoms with van der Waals surface area (Å²) in [4.78, 5) is 22.6. The van der Waals surface area contributed by atoms with Gasteiger partial charge in [0.05, 0.1) is 10.5 Å². The van der Waals surface area contributed by atoms with Gasteiger partial charge in [0.15, 0.2) is 6.29 Å². The second-order valence-corrected chi connectivity index (χ2v) is 8.79. The number of phenolic OH excluding ortho intramolecular Hbond substituents is 2. The largest absolute Gasteiger partial charge is 0.508 e. The molecule has 0 radical (unpaired) electrons. The van der Waals surface area contributed by atoms with Gasteiger partial charge in [0.1, 0.15) is 11.5 Å². The van der Waals surface area contributed by atoms with Crippen LogP contribution in [-0.2, 0) is 10.0 Å². The van der Waals surface area contributed by atoms with Gasteiger partial charge in [-0.1, -0.05) is 12.1 Å². The van der Waals surface area contributed by atoms with Gasteiger partial charge >= 0.3 is 0 Å². The average molecular weight is 418 g/mol. The zero-order chi connectivity index (χ0) is 21.2. The van der Waals surface area contributed by atoms with Crippen LogP contribution >= 0.6 is 0 Å². The van der Waals surface area contributed by atoms with Crippen molar-refractivity contribution in [2.24, 2.45) is 5.73 Å². The van der Waals surface area contributed by atoms with Gasteiger partial charge in [0.25, 0.3) is 0 Å². The summed E-state index contributed by atoms with van der Waals surface area (Å²) in [6.07, 6.45) is 2.69. The summed E-state index contributed by atoms with van der Waals surface area (Å²) < 4.78 is 28.2. The van der Waals surface area contributed by atoms with E-state index in [1.165, 1.54) is 30.3 Å². The molecule has 0 aromatic heterocycles. The maximum atomic E-state index is 12.8. The predicted molar refractivity (Wildman–Crippen MR) is 105 cm³/mol. The van der Waals surface area contributed by atoms with Crippen LogP contribution < -0.4 is 10.5 Å². The number of aldehydes is 1. The lowest BCUT2D eigenvalue weighted by molar-refractivity contribution is 0.0992. The van der Waals surface area contributed by atoms with Gasteiger partial charge in [-0.25, -0.2) is 13.1 Å². The van der Waals surface area contributed by atoms with Crippen LogP contribution in [-0.4, -0.2) is 36.9 Å². The molecular weight excluding hydrogens is 396 g/mol. The number of hydrogen-bond donors (Lipinski definition) is 4. The Morgan fingerprint density at radius 2 is 1.79 bits per heavy atom. The number of nitrogens with one attached hydrogen (secondary N) is 1. The fourth-order valence-electron chi connectivity index (χ4n) is 3.80. The first-order chi connectivity index (χ1) is 13.7. The molecule has 1 amide bonds. The Morgan fingerprint density at radius 1 is 1.10 bits per heavy atom. The van der Waals surface area contributed by atoms with Crippen molar-refractivity contribution in [3.63, 3.8) is 0 Å². The van der Waals surface area contributed by atoms with E-state index in [9.17, 15) is 28.2 Å². The minimum atomic E-state index is -4.03. The molecule has 0 spiro atoms. The second-order valence-electron chi connectivity index (χ2n) is 7.11. The van der Waals surface area contributed by atoms with Gasteiger partial charge < -0.3 is 15.9 Å². The van der Waals surface area contributed by atoms with Crippen LogP contribution in [0.4, 0.5) is 0 Å². The van der Waals surface area contributed by atoms with Crippen LogP contribution in [0.25, 0.3) is 0 Å². The van der Waals surface area contributed by atoms with Crippen molar-refractivity contribution in [1.29, 1.82) is 0 Å². The maximum Gasteiger partial charge on any atom is 0.249 e. The van der Waals surface area contributed by atoms with Crippen LogP contribution in [0.15, 0.2) is 41.3 Å². The lowest BCUT2D eigenvalue weighted by Crippen LogP contribution is -2.38. The maximum absolute atomic E-state index is 12.8. The van der Waals surface area contributed by atoms with Crippen molar-refractivity contribution in [2.75, 3.05) is 0 Å². The zero-order valence-electron chi connectivity index (χ0n) is 15.5. The van der Waals surface area contributed by atoms with E-state index in [0.717, 1.165) is 5.56 Å². The standard InChI is InChI=1S/C20H22N2O6S/c21-20(26)16-2-1-3-19(17(16)11-23)29(27,28)22-13-6-4-12(5-7-13)15-9-8-14(24)10-18(15)25/h1-3,8-13,22,24-25H,4-7H2,(H2,21,26). The zero-order valence-corrected chi connectivity index (χ0v) is 16.4. The quantitative estimate of drug-likeness (QED) is 0.528. The summed E-state index contributed by atoms with van der Waals surface area (Å²) in [5.74, 6) is -0.816. The van der Waals surface area contributed by atoms with Crippen molar-refractivity contribution >= 4 is 22.2 Å². The Kier molecular flexibility index (Phi) is 5.90. The van der Waals surface area contributed by atoms with E-state index in [2.05, 4.69) is 4.72 Å². The molecule has 154 valence electrons. The molecule has 8 nitrogen and oxygen atoms in total. The molecule has 1 saturated carbocycles. The van der Waals surface area contributed by atoms with Crippen molar-refractivity contribution < 1.29 is 28.2 Å². The SMILES string of the molecule is NC(=O)c1cccc(S(=O)(=O)NC2CCC(c3ccc(O)cc3O)CC2)c1C=O. The van der Waals surface area contributed by atoms with Crippen molar-refractivity contribution in [3.05, 3.63) is 53.1 Å². The molecule has 0 saturated heterocycles. The molecule has 0 unspecified atom stereocenters. The molecule has 29 heavy (non-hydrogen) atoms. The molecule has 2 aromatic carbocycles. The summed E-state index contributed by atoms with van der Waals surface area (Å²) in [5, 5.41) is 19.5. The fourth-order valence-corrected chi connectivity index (χ4v) is 5.30. The molecule has 5 N–H and O–H groups in total. The molecule has 2 aromatic rings. The smallest absolute Gasteiger partial charge is 0.249 e. The topological polar surface area (TPSA) is 147 Å². The summed E-state index contributed by atoms with van der Waals surface area (Å²) in [5.41, 5.74) is 5.55. The van der Waals surface area contributed by atoms with Crippen molar-refractivity contribution in [1.82, 2.24) is 4.72 Å². The predicted octanol–water partition coefficient (Wildman–Crippen LogP) is 2.01. The molecule has 0 heterocycles. The Labute approximate surface area is 168 Å². The normalized spacial score (nSPS) is 19.6. The van der Waals surface area contributed by atoms with Crippen LogP contribution in [0.5, 0.6) is 11.5 Å². The summed E-state index contributed by atoms with van der Waals surface area (Å²) in [7, 11) is -4.03. The molecule has 0 atom stereocenters. The van der Waals surface area contributed by atoms with Crippen LogP contribution in [0.2, 0.25) is 0 Å². The fraction of sp³-hybridized carbons (Fsp3) is 0.300. The number of rotatable bonds is 6. The number of benzene rings is 2. The highest BCUT2D eigenvalue weighted by atomic mass is 32.2. The average Bonchev–Trinajstić information content (AvgIpc) is 2.68. The number of carbonyl (C=O) groups is 2. The number of phenols is 2. The van der Waals surface area contributed by atoms with Gasteiger partial charge in [-0.05, 0) is 55.4 Å². The monoisotopic (exact) mass is 418 g/mol. The molecule has 1 fully saturated rings. The number of sulfonamides is 1. The first-order valence-electron chi connectivity index (χ1n) is 9.15. The third kappa shape index (κ3) is 4.41. The van der Waals surface area contributed by atoms with E-state index in [4.69, 9.17) is 5.73 Å². The lowest BCUT2D eigenvalue weighted by Gasteiger charge is -2.29. The Morgan fingerprint density at radius 3 is 2.38 bits per heavy atom. The second kappa shape index (κ2) is 8.22. The van der Waals surface area contributed by atoms with Gasteiger partial charge in [-0.3, -0.25) is 9.59 Å². The van der Waals surface area contributed by atoms with Gasteiger partial charge in [-0.15, -0.1) is 0 Å². The Bertz CT molecular complexity index is 1040. The summed E-state index contributed by atoms with van der Waals surface area (Å²) >= 11 is 0. The lowest BCUT2D eigenvalue weighted by atomic mass is 9.81. The molecule has 0 aliphatic heterocycles. The minimum Gasteiger partial charge on any atom is -0.508 e. The van der Waals surface area contributed by atoms with E-state index < -0.39 is 15.9 Å². The van der Waals surface area contributed by atoms with E-state index in [0.29, 0.717) is 32.0 Å². The number of primary amides is 1. The highest BCUT2D eigenvalue weighted by Crippen LogP contribution is 2.38. The summed E-state index contributed by atoms with van der Waals surface area (Å²) in [6, 6.07) is 8.07. The van der Waals surface area contributed by atoms with Crippen LogP contribution in [0.3, 0.4) is 0 Å². The van der Waals surface area contributed by atoms with Crippen LogP contribution in [0.1, 0.15) is 57.9 Å². The molecule has 0 bridgehead atoms. The highest BCUT2D eigenvalue weighted by molar-refractivity contribution is 7.89. The van der Waals surface area contributed by atoms with Crippen molar-refractivity contribution in [3.8, 4) is 11.5 Å². The van der Waals surface area contributed by atoms with Gasteiger partial charge in [0.2, 0.25) is 15.9 Å². The minimum absolute atomic E-state index is 0.0168. The molecule has 1 aliphatic carbocycles. The van der Waals surface area contributed by atoms with E-state index in [-0.39, 0.29) is 39.5 Å². The molecule has 1 aliphatic rings. The van der Waals surface area contributed by atoms with E-state index >= 15 is 0 Å². The van der Waals surface area contributed by atoms with E-state index in [1.54, 1.807) is 6.07 Å². The first kappa shape index (κ1) is 20.8. The number of amides is 1. The van der Waals surface area contributed by atoms with E-state index in [1.807, 2.05) is 0 Å². The van der Waals surface area contributed by atoms with Gasteiger partial charge in [0, 0.05) is 17.7 Å². The summed E-state index contributed by atoms with van der Waals surface area (Å²) in [6.45, 7) is 0. The molecular formula is C20H22N2O6S. The first-order valence-corrected chi connectivity index (χ1v) is 10.6. The number of nitrogens with two attached hydrogens (primary N) is 1. The number of hydrogen-bond acceptors (Lipinski definition) is 6. The third-order valence-corrected chi connectivity index (χ3v) is 6.82. The highest BCUT2D eigenvalue weighted by Gasteiger charge is 2.29. The van der Waals surface area contributed by atoms with Crippen LogP contribution in [0, 0.1) is 0 Å².